The third-order valence-corrected chi connectivity index (χ3v) is 6.59. The van der Waals surface area contributed by atoms with Crippen LogP contribution in [0.5, 0.6) is 0 Å². The van der Waals surface area contributed by atoms with Crippen molar-refractivity contribution < 1.29 is 9.53 Å². The summed E-state index contributed by atoms with van der Waals surface area (Å²) >= 11 is 0. The molecule has 154 valence electrons. The number of nitrogens with one attached hydrogen (secondary N) is 1. The van der Waals surface area contributed by atoms with Crippen molar-refractivity contribution in [3.8, 4) is 0 Å². The van der Waals surface area contributed by atoms with Gasteiger partial charge in [0.25, 0.3) is 0 Å². The lowest BCUT2D eigenvalue weighted by Crippen LogP contribution is -2.60. The van der Waals surface area contributed by atoms with Gasteiger partial charge in [0, 0.05) is 25.2 Å². The summed E-state index contributed by atoms with van der Waals surface area (Å²) in [5.74, 6) is -0.177. The van der Waals surface area contributed by atoms with Gasteiger partial charge < -0.3 is 10.1 Å². The van der Waals surface area contributed by atoms with Crippen molar-refractivity contribution in [2.75, 3.05) is 32.8 Å². The van der Waals surface area contributed by atoms with E-state index < -0.39 is 0 Å². The highest BCUT2D eigenvalue weighted by Crippen LogP contribution is 2.34. The highest BCUT2D eigenvalue weighted by Gasteiger charge is 2.39. The number of benzene rings is 2. The van der Waals surface area contributed by atoms with Crippen LogP contribution in [0.1, 0.15) is 49.1 Å². The van der Waals surface area contributed by atoms with Crippen molar-refractivity contribution >= 4 is 5.91 Å². The number of amides is 1. The number of morpholine rings is 1. The molecule has 2 aliphatic rings. The highest BCUT2D eigenvalue weighted by atomic mass is 16.5. The summed E-state index contributed by atoms with van der Waals surface area (Å²) in [7, 11) is 0. The van der Waals surface area contributed by atoms with Gasteiger partial charge >= 0.3 is 0 Å². The Morgan fingerprint density at radius 1 is 0.897 bits per heavy atom. The van der Waals surface area contributed by atoms with E-state index in [0.717, 1.165) is 56.8 Å². The molecule has 0 unspecified atom stereocenters. The summed E-state index contributed by atoms with van der Waals surface area (Å²) in [6.45, 7) is 4.26. The van der Waals surface area contributed by atoms with Crippen molar-refractivity contribution in [1.29, 1.82) is 0 Å². The molecule has 1 aliphatic carbocycles. The Morgan fingerprint density at radius 3 is 2.00 bits per heavy atom. The quantitative estimate of drug-likeness (QED) is 0.809. The third-order valence-electron chi connectivity index (χ3n) is 6.59. The van der Waals surface area contributed by atoms with Gasteiger partial charge in [-0.15, -0.1) is 0 Å². The molecule has 1 saturated carbocycles. The monoisotopic (exact) mass is 392 g/mol. The normalized spacial score (nSPS) is 19.8. The molecular formula is C25H32N2O2. The Bertz CT molecular complexity index is 726. The fourth-order valence-electron chi connectivity index (χ4n) is 4.99. The zero-order valence-electron chi connectivity index (χ0n) is 17.2. The van der Waals surface area contributed by atoms with Crippen LogP contribution in [0.25, 0.3) is 0 Å². The molecular weight excluding hydrogens is 360 g/mol. The van der Waals surface area contributed by atoms with Crippen molar-refractivity contribution in [2.45, 2.75) is 43.6 Å². The molecule has 1 N–H and O–H groups in total. The van der Waals surface area contributed by atoms with Gasteiger partial charge in [0.2, 0.25) is 5.91 Å². The standard InChI is InChI=1S/C25H32N2O2/c28-24(23(21-10-4-1-5-11-21)22-12-6-2-7-13-22)26-20-25(14-8-3-9-15-25)27-16-18-29-19-17-27/h1-2,4-7,10-13,23H,3,8-9,14-20H2,(H,26,28). The summed E-state index contributed by atoms with van der Waals surface area (Å²) in [5, 5.41) is 3.37. The van der Waals surface area contributed by atoms with Crippen molar-refractivity contribution in [1.82, 2.24) is 10.2 Å². The van der Waals surface area contributed by atoms with Gasteiger partial charge in [0.1, 0.15) is 0 Å². The third kappa shape index (κ3) is 4.71. The predicted octanol–water partition coefficient (Wildman–Crippen LogP) is 3.97. The second kappa shape index (κ2) is 9.55. The molecule has 1 aliphatic heterocycles. The second-order valence-corrected chi connectivity index (χ2v) is 8.36. The Balaban J connectivity index is 1.53. The number of carbonyl (C=O) groups excluding carboxylic acids is 1. The minimum Gasteiger partial charge on any atom is -0.379 e. The smallest absolute Gasteiger partial charge is 0.232 e. The molecule has 2 aromatic rings. The molecule has 1 heterocycles. The number of hydrogen-bond acceptors (Lipinski definition) is 3. The van der Waals surface area contributed by atoms with Gasteiger partial charge in [-0.05, 0) is 24.0 Å². The maximum atomic E-state index is 13.5. The van der Waals surface area contributed by atoms with E-state index in [1.165, 1.54) is 19.3 Å². The van der Waals surface area contributed by atoms with E-state index in [9.17, 15) is 4.79 Å². The first-order valence-corrected chi connectivity index (χ1v) is 11.0. The Hall–Kier alpha value is -2.17. The Labute approximate surface area is 174 Å². The van der Waals surface area contributed by atoms with Gasteiger partial charge in [-0.3, -0.25) is 9.69 Å². The first kappa shape index (κ1) is 20.1. The van der Waals surface area contributed by atoms with Crippen LogP contribution in [0.15, 0.2) is 60.7 Å². The van der Waals surface area contributed by atoms with Gasteiger partial charge in [0.15, 0.2) is 0 Å². The fraction of sp³-hybridized carbons (Fsp3) is 0.480. The van der Waals surface area contributed by atoms with Crippen LogP contribution in [0.2, 0.25) is 0 Å². The van der Waals surface area contributed by atoms with Crippen LogP contribution in [-0.2, 0) is 9.53 Å². The van der Waals surface area contributed by atoms with E-state index in [1.54, 1.807) is 0 Å². The fourth-order valence-corrected chi connectivity index (χ4v) is 4.99. The van der Waals surface area contributed by atoms with Crippen LogP contribution >= 0.6 is 0 Å². The largest absolute Gasteiger partial charge is 0.379 e. The molecule has 0 spiro atoms. The number of ether oxygens (including phenoxy) is 1. The summed E-state index contributed by atoms with van der Waals surface area (Å²) in [5.41, 5.74) is 2.16. The van der Waals surface area contributed by atoms with Gasteiger partial charge in [-0.25, -0.2) is 0 Å². The summed E-state index contributed by atoms with van der Waals surface area (Å²) in [6.07, 6.45) is 6.11. The average Bonchev–Trinajstić information content (AvgIpc) is 2.81. The second-order valence-electron chi connectivity index (χ2n) is 8.36. The van der Waals surface area contributed by atoms with Gasteiger partial charge in [-0.1, -0.05) is 79.9 Å². The van der Waals surface area contributed by atoms with Crippen LogP contribution in [0.4, 0.5) is 0 Å². The van der Waals surface area contributed by atoms with E-state index >= 15 is 0 Å². The number of hydrogen-bond donors (Lipinski definition) is 1. The Morgan fingerprint density at radius 2 is 1.45 bits per heavy atom. The molecule has 2 aromatic carbocycles. The van der Waals surface area contributed by atoms with Crippen LogP contribution in [0, 0.1) is 0 Å². The zero-order valence-corrected chi connectivity index (χ0v) is 17.2. The zero-order chi connectivity index (χ0) is 19.9. The summed E-state index contributed by atoms with van der Waals surface area (Å²) in [6, 6.07) is 20.2. The summed E-state index contributed by atoms with van der Waals surface area (Å²) in [4.78, 5) is 16.0. The molecule has 1 saturated heterocycles. The molecule has 4 rings (SSSR count). The topological polar surface area (TPSA) is 41.6 Å². The minimum atomic E-state index is -0.275. The lowest BCUT2D eigenvalue weighted by Gasteiger charge is -2.48. The van der Waals surface area contributed by atoms with Gasteiger partial charge in [0.05, 0.1) is 19.1 Å². The lowest BCUT2D eigenvalue weighted by atomic mass is 9.79. The lowest BCUT2D eigenvalue weighted by molar-refractivity contribution is -0.123. The SMILES string of the molecule is O=C(NCC1(N2CCOCC2)CCCCC1)C(c1ccccc1)c1ccccc1. The molecule has 0 aromatic heterocycles. The molecule has 29 heavy (non-hydrogen) atoms. The molecule has 0 atom stereocenters. The molecule has 0 bridgehead atoms. The Kier molecular flexibility index (Phi) is 6.63. The van der Waals surface area contributed by atoms with E-state index in [0.29, 0.717) is 0 Å². The van der Waals surface area contributed by atoms with E-state index in [-0.39, 0.29) is 17.4 Å². The minimum absolute atomic E-state index is 0.0790. The first-order valence-electron chi connectivity index (χ1n) is 11.0. The maximum absolute atomic E-state index is 13.5. The van der Waals surface area contributed by atoms with E-state index in [4.69, 9.17) is 4.74 Å². The molecule has 1 amide bonds. The molecule has 0 radical (unpaired) electrons. The van der Waals surface area contributed by atoms with E-state index in [2.05, 4.69) is 34.5 Å². The van der Waals surface area contributed by atoms with Crippen molar-refractivity contribution in [3.63, 3.8) is 0 Å². The number of nitrogens with zero attached hydrogens (tertiary/aromatic N) is 1. The highest BCUT2D eigenvalue weighted by molar-refractivity contribution is 5.87. The van der Waals surface area contributed by atoms with Crippen LogP contribution < -0.4 is 5.32 Å². The van der Waals surface area contributed by atoms with Crippen molar-refractivity contribution in [2.24, 2.45) is 0 Å². The predicted molar refractivity (Wildman–Crippen MR) is 116 cm³/mol. The molecule has 4 heteroatoms. The first-order chi connectivity index (χ1) is 14.3. The maximum Gasteiger partial charge on any atom is 0.232 e. The molecule has 2 fully saturated rings. The summed E-state index contributed by atoms with van der Waals surface area (Å²) < 4.78 is 5.59. The average molecular weight is 393 g/mol. The van der Waals surface area contributed by atoms with Gasteiger partial charge in [-0.2, -0.15) is 0 Å². The number of rotatable bonds is 6. The number of carbonyl (C=O) groups is 1. The van der Waals surface area contributed by atoms with Crippen LogP contribution in [0.3, 0.4) is 0 Å². The molecule has 4 nitrogen and oxygen atoms in total. The van der Waals surface area contributed by atoms with E-state index in [1.807, 2.05) is 36.4 Å². The van der Waals surface area contributed by atoms with Crippen LogP contribution in [-0.4, -0.2) is 49.2 Å². The van der Waals surface area contributed by atoms with Crippen molar-refractivity contribution in [3.05, 3.63) is 71.8 Å².